The van der Waals surface area contributed by atoms with Gasteiger partial charge in [0.2, 0.25) is 6.41 Å². The maximum atomic E-state index is 11.8. The molecule has 0 aliphatic carbocycles. The van der Waals surface area contributed by atoms with Gasteiger partial charge < -0.3 is 20.1 Å². The molecule has 0 aromatic heterocycles. The van der Waals surface area contributed by atoms with Crippen LogP contribution < -0.4 is 10.6 Å². The van der Waals surface area contributed by atoms with Gasteiger partial charge in [-0.3, -0.25) is 9.59 Å². The number of carbonyl (C=O) groups is 3. The molecule has 0 aliphatic rings. The van der Waals surface area contributed by atoms with E-state index in [9.17, 15) is 14.4 Å². The Bertz CT molecular complexity index is 844. The van der Waals surface area contributed by atoms with Crippen LogP contribution in [0.3, 0.4) is 0 Å². The normalized spacial score (nSPS) is 11.0. The predicted molar refractivity (Wildman–Crippen MR) is 138 cm³/mol. The smallest absolute Gasteiger partial charge is 0.407 e. The van der Waals surface area contributed by atoms with Crippen LogP contribution in [0.5, 0.6) is 0 Å². The van der Waals surface area contributed by atoms with Crippen LogP contribution in [0.4, 0.5) is 4.79 Å². The number of carbonyl (C=O) groups excluding carboxylic acids is 3. The maximum Gasteiger partial charge on any atom is 0.407 e. The van der Waals surface area contributed by atoms with Crippen molar-refractivity contribution < 1.29 is 23.9 Å². The summed E-state index contributed by atoms with van der Waals surface area (Å²) in [6.45, 7) is 13.2. The highest BCUT2D eigenvalue weighted by atomic mass is 16.5. The quantitative estimate of drug-likeness (QED) is 0.467. The maximum absolute atomic E-state index is 11.8. The molecule has 2 N–H and O–H groups in total. The zero-order valence-electron chi connectivity index (χ0n) is 21.7. The molecular weight excluding hydrogens is 432 g/mol. The molecule has 2 aromatic carbocycles. The first-order valence-corrected chi connectivity index (χ1v) is 11.7. The van der Waals surface area contributed by atoms with Crippen LogP contribution in [0.25, 0.3) is 10.8 Å². The zero-order chi connectivity index (χ0) is 25.9. The summed E-state index contributed by atoms with van der Waals surface area (Å²) in [4.78, 5) is 31.9. The van der Waals surface area contributed by atoms with Gasteiger partial charge in [-0.25, -0.2) is 4.79 Å². The van der Waals surface area contributed by atoms with Crippen molar-refractivity contribution in [2.24, 2.45) is 11.8 Å². The Morgan fingerprint density at radius 2 is 1.59 bits per heavy atom. The lowest BCUT2D eigenvalue weighted by atomic mass is 10.1. The first-order valence-electron chi connectivity index (χ1n) is 11.7. The Balaban J connectivity index is 0.000000697. The minimum atomic E-state index is -0.351. The van der Waals surface area contributed by atoms with Crippen molar-refractivity contribution >= 4 is 29.1 Å². The number of methoxy groups -OCH3 is 1. The van der Waals surface area contributed by atoms with E-state index in [1.165, 1.54) is 7.11 Å². The molecule has 0 spiro atoms. The summed E-state index contributed by atoms with van der Waals surface area (Å²) in [5.41, 5.74) is 1.03. The number of hydrogen-bond donors (Lipinski definition) is 2. The molecule has 0 bridgehead atoms. The second-order valence-corrected chi connectivity index (χ2v) is 9.09. The number of ketones is 1. The Labute approximate surface area is 204 Å². The van der Waals surface area contributed by atoms with E-state index in [0.717, 1.165) is 28.7 Å². The molecule has 2 amide bonds. The summed E-state index contributed by atoms with van der Waals surface area (Å²) < 4.78 is 9.83. The van der Waals surface area contributed by atoms with Crippen molar-refractivity contribution in [2.45, 2.75) is 60.6 Å². The highest BCUT2D eigenvalue weighted by Crippen LogP contribution is 2.19. The van der Waals surface area contributed by atoms with Crippen molar-refractivity contribution in [1.29, 1.82) is 0 Å². The first-order chi connectivity index (χ1) is 16.1. The molecule has 0 radical (unpaired) electrons. The molecular formula is C27H42N2O5. The number of nitrogens with one attached hydrogen (secondary N) is 2. The van der Waals surface area contributed by atoms with Gasteiger partial charge >= 0.3 is 6.09 Å². The summed E-state index contributed by atoms with van der Waals surface area (Å²) in [7, 11) is 1.43. The van der Waals surface area contributed by atoms with Crippen molar-refractivity contribution in [1.82, 2.24) is 10.6 Å². The van der Waals surface area contributed by atoms with Crippen molar-refractivity contribution in [3.8, 4) is 0 Å². The van der Waals surface area contributed by atoms with Gasteiger partial charge in [0.1, 0.15) is 13.2 Å². The first kappa shape index (κ1) is 31.1. The SMILES string of the molecule is CC(C)C.CC(C)C[C@@H](C)NC(=O)OCc1cccc2ccccc12.COCC(=O)CNC=O. The number of benzene rings is 2. The van der Waals surface area contributed by atoms with Crippen LogP contribution in [0.15, 0.2) is 42.5 Å². The molecule has 0 heterocycles. The van der Waals surface area contributed by atoms with Crippen molar-refractivity contribution in [2.75, 3.05) is 20.3 Å². The minimum Gasteiger partial charge on any atom is -0.445 e. The van der Waals surface area contributed by atoms with E-state index in [4.69, 9.17) is 4.74 Å². The minimum absolute atomic E-state index is 0.0529. The molecule has 0 aliphatic heterocycles. The number of amides is 2. The third-order valence-corrected chi connectivity index (χ3v) is 4.12. The highest BCUT2D eigenvalue weighted by Gasteiger charge is 2.10. The molecule has 1 atom stereocenters. The van der Waals surface area contributed by atoms with E-state index in [1.54, 1.807) is 0 Å². The monoisotopic (exact) mass is 474 g/mol. The Kier molecular flexibility index (Phi) is 16.9. The summed E-state index contributed by atoms with van der Waals surface area (Å²) in [5, 5.41) is 7.38. The Morgan fingerprint density at radius 1 is 0.971 bits per heavy atom. The summed E-state index contributed by atoms with van der Waals surface area (Å²) in [5.74, 6) is 1.25. The topological polar surface area (TPSA) is 93.7 Å². The lowest BCUT2D eigenvalue weighted by Gasteiger charge is -2.16. The molecule has 7 heteroatoms. The average molecular weight is 475 g/mol. The molecule has 0 saturated heterocycles. The second-order valence-electron chi connectivity index (χ2n) is 9.09. The fourth-order valence-electron chi connectivity index (χ4n) is 2.94. The molecule has 34 heavy (non-hydrogen) atoms. The Morgan fingerprint density at radius 3 is 2.18 bits per heavy atom. The van der Waals surface area contributed by atoms with Crippen LogP contribution in [0.2, 0.25) is 0 Å². The van der Waals surface area contributed by atoms with Crippen LogP contribution in [0.1, 0.15) is 53.5 Å². The third kappa shape index (κ3) is 15.8. The van der Waals surface area contributed by atoms with Crippen molar-refractivity contribution in [3.05, 3.63) is 48.0 Å². The van der Waals surface area contributed by atoms with Gasteiger partial charge in [-0.05, 0) is 41.5 Å². The molecule has 2 aromatic rings. The summed E-state index contributed by atoms with van der Waals surface area (Å²) >= 11 is 0. The summed E-state index contributed by atoms with van der Waals surface area (Å²) in [6, 6.07) is 14.3. The van der Waals surface area contributed by atoms with E-state index in [0.29, 0.717) is 18.9 Å². The highest BCUT2D eigenvalue weighted by molar-refractivity contribution is 5.85. The van der Waals surface area contributed by atoms with Crippen molar-refractivity contribution in [3.63, 3.8) is 0 Å². The number of alkyl carbamates (subject to hydrolysis) is 1. The lowest BCUT2D eigenvalue weighted by Crippen LogP contribution is -2.33. The Hall–Kier alpha value is -2.93. The molecule has 0 fully saturated rings. The zero-order valence-corrected chi connectivity index (χ0v) is 21.7. The van der Waals surface area contributed by atoms with E-state index >= 15 is 0 Å². The van der Waals surface area contributed by atoms with Gasteiger partial charge in [0.25, 0.3) is 0 Å². The number of hydrogen-bond acceptors (Lipinski definition) is 5. The third-order valence-electron chi connectivity index (χ3n) is 4.12. The van der Waals surface area contributed by atoms with Crippen LogP contribution in [-0.2, 0) is 25.7 Å². The largest absolute Gasteiger partial charge is 0.445 e. The van der Waals surface area contributed by atoms with Gasteiger partial charge in [0.05, 0.1) is 6.54 Å². The van der Waals surface area contributed by atoms with Crippen LogP contribution in [-0.4, -0.2) is 44.6 Å². The number of ether oxygens (including phenoxy) is 2. The van der Waals surface area contributed by atoms with Gasteiger partial charge in [-0.1, -0.05) is 77.1 Å². The number of Topliss-reactive ketones (excluding diaryl/α,β-unsaturated/α-hetero) is 1. The van der Waals surface area contributed by atoms with Gasteiger partial charge in [-0.2, -0.15) is 0 Å². The molecule has 0 unspecified atom stereocenters. The van der Waals surface area contributed by atoms with Crippen LogP contribution >= 0.6 is 0 Å². The number of fused-ring (bicyclic) bond motifs is 1. The van der Waals surface area contributed by atoms with Crippen LogP contribution in [0, 0.1) is 11.8 Å². The van der Waals surface area contributed by atoms with E-state index < -0.39 is 0 Å². The average Bonchev–Trinajstić information content (AvgIpc) is 2.76. The van der Waals surface area contributed by atoms with E-state index in [1.807, 2.05) is 37.3 Å². The molecule has 7 nitrogen and oxygen atoms in total. The number of rotatable bonds is 10. The fourth-order valence-corrected chi connectivity index (χ4v) is 2.94. The fraction of sp³-hybridized carbons (Fsp3) is 0.519. The standard InChI is InChI=1S/C18H23NO2.C5H9NO3.C4H10/c1-13(2)11-14(3)19-18(20)21-12-16-9-6-8-15-7-4-5-10-17(15)16;1-9-3-5(8)2-6-4-7;1-4(2)3/h4-10,13-14H,11-12H2,1-3H3,(H,19,20);4H,2-3H2,1H3,(H,6,7);4H,1-3H3/t14-;;/m1../s1. The lowest BCUT2D eigenvalue weighted by molar-refractivity contribution is -0.123. The second kappa shape index (κ2) is 18.5. The van der Waals surface area contributed by atoms with Gasteiger partial charge in [0, 0.05) is 13.2 Å². The summed E-state index contributed by atoms with van der Waals surface area (Å²) in [6.07, 6.45) is 1.08. The molecule has 0 saturated carbocycles. The predicted octanol–water partition coefficient (Wildman–Crippen LogP) is 5.11. The van der Waals surface area contributed by atoms with E-state index in [-0.39, 0.29) is 31.1 Å². The van der Waals surface area contributed by atoms with Gasteiger partial charge in [-0.15, -0.1) is 0 Å². The molecule has 190 valence electrons. The molecule has 2 rings (SSSR count). The van der Waals surface area contributed by atoms with E-state index in [2.05, 4.69) is 62.1 Å². The van der Waals surface area contributed by atoms with Gasteiger partial charge in [0.15, 0.2) is 5.78 Å².